The van der Waals surface area contributed by atoms with Crippen LogP contribution in [-0.2, 0) is 17.6 Å². The van der Waals surface area contributed by atoms with E-state index in [1.807, 2.05) is 18.2 Å². The number of nitriles is 1. The van der Waals surface area contributed by atoms with Crippen LogP contribution in [0.2, 0.25) is 0 Å². The maximum atomic E-state index is 13.0. The van der Waals surface area contributed by atoms with Crippen molar-refractivity contribution in [2.75, 3.05) is 0 Å². The van der Waals surface area contributed by atoms with Gasteiger partial charge in [0.2, 0.25) is 0 Å². The number of benzene rings is 2. The summed E-state index contributed by atoms with van der Waals surface area (Å²) in [5, 5.41) is 9.73. The van der Waals surface area contributed by atoms with Gasteiger partial charge in [-0.15, -0.1) is 0 Å². The Labute approximate surface area is 238 Å². The molecule has 2 aromatic rings. The molecule has 1 saturated carbocycles. The van der Waals surface area contributed by atoms with Crippen LogP contribution in [0, 0.1) is 23.2 Å². The number of unbranched alkanes of at least 4 members (excludes halogenated alkanes) is 6. The van der Waals surface area contributed by atoms with Gasteiger partial charge in [-0.1, -0.05) is 109 Å². The number of esters is 1. The molecule has 0 spiro atoms. The summed E-state index contributed by atoms with van der Waals surface area (Å²) in [7, 11) is 0. The van der Waals surface area contributed by atoms with Crippen molar-refractivity contribution in [2.45, 2.75) is 129 Å². The van der Waals surface area contributed by atoms with Gasteiger partial charge in [0.05, 0.1) is 11.5 Å². The molecule has 1 atom stereocenters. The second-order valence-corrected chi connectivity index (χ2v) is 11.8. The summed E-state index contributed by atoms with van der Waals surface area (Å²) in [5.41, 5.74) is 4.48. The van der Waals surface area contributed by atoms with Crippen molar-refractivity contribution >= 4 is 5.97 Å². The number of hydrogen-bond acceptors (Lipinski definition) is 3. The molecule has 1 aliphatic carbocycles. The van der Waals surface area contributed by atoms with E-state index < -0.39 is 0 Å². The lowest BCUT2D eigenvalue weighted by atomic mass is 9.78. The molecule has 1 aliphatic rings. The number of aryl methyl sites for hydroxylation is 1. The molecular formula is C36H51NO2. The lowest BCUT2D eigenvalue weighted by Crippen LogP contribution is -2.25. The first-order chi connectivity index (χ1) is 19.1. The second kappa shape index (κ2) is 17.2. The summed E-state index contributed by atoms with van der Waals surface area (Å²) in [6.07, 6.45) is 18.7. The molecule has 0 saturated heterocycles. The predicted octanol–water partition coefficient (Wildman–Crippen LogP) is 10.1. The first-order valence-electron chi connectivity index (χ1n) is 15.9. The predicted molar refractivity (Wildman–Crippen MR) is 162 cm³/mol. The quantitative estimate of drug-likeness (QED) is 0.123. The van der Waals surface area contributed by atoms with Crippen molar-refractivity contribution in [3.8, 4) is 11.8 Å². The van der Waals surface area contributed by atoms with Gasteiger partial charge in [-0.25, -0.2) is 0 Å². The molecule has 0 radical (unpaired) electrons. The Kier molecular flexibility index (Phi) is 13.6. The Morgan fingerprint density at radius 1 is 0.872 bits per heavy atom. The number of hydrogen-bond donors (Lipinski definition) is 0. The summed E-state index contributed by atoms with van der Waals surface area (Å²) in [4.78, 5) is 13.0. The van der Waals surface area contributed by atoms with Crippen LogP contribution < -0.4 is 4.74 Å². The van der Waals surface area contributed by atoms with E-state index in [9.17, 15) is 10.1 Å². The summed E-state index contributed by atoms with van der Waals surface area (Å²) in [5.74, 6) is 1.30. The molecule has 0 aromatic heterocycles. The van der Waals surface area contributed by atoms with Crippen LogP contribution in [0.5, 0.6) is 5.75 Å². The van der Waals surface area contributed by atoms with Crippen molar-refractivity contribution in [2.24, 2.45) is 11.8 Å². The van der Waals surface area contributed by atoms with Gasteiger partial charge >= 0.3 is 5.97 Å². The van der Waals surface area contributed by atoms with Crippen LogP contribution >= 0.6 is 0 Å². The van der Waals surface area contributed by atoms with E-state index in [1.54, 1.807) is 0 Å². The third-order valence-electron chi connectivity index (χ3n) is 8.77. The van der Waals surface area contributed by atoms with E-state index in [0.717, 1.165) is 44.1 Å². The highest BCUT2D eigenvalue weighted by Crippen LogP contribution is 2.37. The molecule has 0 N–H and O–H groups in total. The Hall–Kier alpha value is -2.60. The topological polar surface area (TPSA) is 50.1 Å². The molecule has 3 rings (SSSR count). The molecule has 39 heavy (non-hydrogen) atoms. The van der Waals surface area contributed by atoms with Crippen molar-refractivity contribution < 1.29 is 9.53 Å². The zero-order valence-electron chi connectivity index (χ0n) is 24.9. The molecule has 1 fully saturated rings. The highest BCUT2D eigenvalue weighted by atomic mass is 16.5. The van der Waals surface area contributed by atoms with Crippen LogP contribution in [0.4, 0.5) is 0 Å². The van der Waals surface area contributed by atoms with E-state index >= 15 is 0 Å². The molecule has 0 amide bonds. The van der Waals surface area contributed by atoms with Crippen molar-refractivity contribution in [1.29, 1.82) is 5.26 Å². The van der Waals surface area contributed by atoms with Gasteiger partial charge in [0, 0.05) is 0 Å². The number of carbonyl (C=O) groups excluding carboxylic acids is 1. The summed E-state index contributed by atoms with van der Waals surface area (Å²) >= 11 is 0. The number of carbonyl (C=O) groups is 1. The molecular weight excluding hydrogens is 478 g/mol. The van der Waals surface area contributed by atoms with E-state index in [-0.39, 0.29) is 11.9 Å². The van der Waals surface area contributed by atoms with Crippen molar-refractivity contribution in [3.63, 3.8) is 0 Å². The van der Waals surface area contributed by atoms with Crippen LogP contribution in [0.1, 0.15) is 139 Å². The maximum Gasteiger partial charge on any atom is 0.314 e. The molecule has 2 aromatic carbocycles. The summed E-state index contributed by atoms with van der Waals surface area (Å²) < 4.78 is 5.79. The minimum absolute atomic E-state index is 0.0852. The third kappa shape index (κ3) is 10.1. The monoisotopic (exact) mass is 529 g/mol. The van der Waals surface area contributed by atoms with Crippen molar-refractivity contribution in [1.82, 2.24) is 0 Å². The number of nitrogens with zero attached hydrogens (tertiary/aromatic N) is 1. The van der Waals surface area contributed by atoms with E-state index in [1.165, 1.54) is 75.3 Å². The zero-order valence-corrected chi connectivity index (χ0v) is 24.9. The van der Waals surface area contributed by atoms with E-state index in [2.05, 4.69) is 51.1 Å². The van der Waals surface area contributed by atoms with Gasteiger partial charge < -0.3 is 4.74 Å². The standard InChI is InChI=1S/C36H51NO2/c1-4-7-9-10-11-12-14-29-15-18-31(19-16-29)32-20-22-33(23-21-32)36(38)39-35-24-17-30(26-34(35)27-37)25-28(6-3)13-8-5-2/h15-19,24,26,28,32-33H,4-14,20-23,25H2,1-3H3. The fourth-order valence-electron chi connectivity index (χ4n) is 6.08. The average Bonchev–Trinajstić information content (AvgIpc) is 2.98. The molecule has 0 bridgehead atoms. The SMILES string of the molecule is CCCCCCCCc1ccc(C2CCC(C(=O)Oc3ccc(CC(CC)CCCC)cc3C#N)CC2)cc1. The minimum Gasteiger partial charge on any atom is -0.425 e. The molecule has 0 heterocycles. The maximum absolute atomic E-state index is 13.0. The van der Waals surface area contributed by atoms with Crippen LogP contribution in [-0.4, -0.2) is 5.97 Å². The number of ether oxygens (including phenoxy) is 1. The fraction of sp³-hybridized carbons (Fsp3) is 0.611. The summed E-state index contributed by atoms with van der Waals surface area (Å²) in [6.45, 7) is 6.73. The largest absolute Gasteiger partial charge is 0.425 e. The van der Waals surface area contributed by atoms with Gasteiger partial charge in [0.25, 0.3) is 0 Å². The Morgan fingerprint density at radius 2 is 1.54 bits per heavy atom. The van der Waals surface area contributed by atoms with Crippen LogP contribution in [0.3, 0.4) is 0 Å². The second-order valence-electron chi connectivity index (χ2n) is 11.8. The smallest absolute Gasteiger partial charge is 0.314 e. The minimum atomic E-state index is -0.179. The Balaban J connectivity index is 1.46. The molecule has 212 valence electrons. The molecule has 1 unspecified atom stereocenters. The summed E-state index contributed by atoms with van der Waals surface area (Å²) in [6, 6.07) is 17.3. The normalized spacial score (nSPS) is 17.9. The number of rotatable bonds is 16. The van der Waals surface area contributed by atoms with Crippen molar-refractivity contribution in [3.05, 3.63) is 64.7 Å². The van der Waals surface area contributed by atoms with E-state index in [0.29, 0.717) is 23.1 Å². The fourth-order valence-corrected chi connectivity index (χ4v) is 6.08. The highest BCUT2D eigenvalue weighted by Gasteiger charge is 2.29. The van der Waals surface area contributed by atoms with Crippen LogP contribution in [0.15, 0.2) is 42.5 Å². The Morgan fingerprint density at radius 3 is 2.21 bits per heavy atom. The molecule has 0 aliphatic heterocycles. The first-order valence-corrected chi connectivity index (χ1v) is 15.9. The zero-order chi connectivity index (χ0) is 27.9. The Bertz CT molecular complexity index is 1030. The molecule has 3 heteroatoms. The van der Waals surface area contributed by atoms with Gasteiger partial charge in [-0.05, 0) is 85.6 Å². The van der Waals surface area contributed by atoms with Gasteiger partial charge in [0.15, 0.2) is 0 Å². The van der Waals surface area contributed by atoms with Crippen LogP contribution in [0.25, 0.3) is 0 Å². The van der Waals surface area contributed by atoms with Gasteiger partial charge in [-0.2, -0.15) is 5.26 Å². The van der Waals surface area contributed by atoms with E-state index in [4.69, 9.17) is 4.74 Å². The lowest BCUT2D eigenvalue weighted by Gasteiger charge is -2.27. The average molecular weight is 530 g/mol. The first kappa shape index (κ1) is 30.9. The lowest BCUT2D eigenvalue weighted by molar-refractivity contribution is -0.140. The third-order valence-corrected chi connectivity index (χ3v) is 8.77. The highest BCUT2D eigenvalue weighted by molar-refractivity contribution is 5.76. The molecule has 3 nitrogen and oxygen atoms in total. The van der Waals surface area contributed by atoms with Gasteiger partial charge in [-0.3, -0.25) is 4.79 Å². The van der Waals surface area contributed by atoms with Gasteiger partial charge in [0.1, 0.15) is 11.8 Å².